The minimum absolute atomic E-state index is 0.219. The first-order valence-corrected chi connectivity index (χ1v) is 9.19. The number of hydrogen-bond donors (Lipinski definition) is 1. The summed E-state index contributed by atoms with van der Waals surface area (Å²) in [5.74, 6) is 3.46. The molecule has 2 heteroatoms. The van der Waals surface area contributed by atoms with E-state index in [2.05, 4.69) is 63.9 Å². The van der Waals surface area contributed by atoms with Crippen LogP contribution in [0.5, 0.6) is 5.75 Å². The third-order valence-electron chi connectivity index (χ3n) is 5.68. The van der Waals surface area contributed by atoms with Crippen molar-refractivity contribution in [3.63, 3.8) is 0 Å². The Kier molecular flexibility index (Phi) is 4.44. The highest BCUT2D eigenvalue weighted by Crippen LogP contribution is 2.55. The van der Waals surface area contributed by atoms with Crippen LogP contribution in [0.1, 0.15) is 59.6 Å². The third kappa shape index (κ3) is 3.27. The Morgan fingerprint density at radius 3 is 2.70 bits per heavy atom. The summed E-state index contributed by atoms with van der Waals surface area (Å²) in [6.07, 6.45) is 3.65. The number of fused-ring (bicyclic) bond motifs is 1. The van der Waals surface area contributed by atoms with E-state index in [1.807, 2.05) is 0 Å². The van der Waals surface area contributed by atoms with Crippen LogP contribution in [0.25, 0.3) is 10.9 Å². The van der Waals surface area contributed by atoms with Crippen molar-refractivity contribution in [3.05, 3.63) is 30.0 Å². The number of aromatic nitrogens is 1. The Morgan fingerprint density at radius 2 is 2.04 bits per heavy atom. The molecular formula is C21H31NO. The number of aromatic amines is 1. The van der Waals surface area contributed by atoms with Gasteiger partial charge in [-0.25, -0.2) is 0 Å². The molecule has 2 atom stereocenters. The zero-order valence-electron chi connectivity index (χ0n) is 15.3. The largest absolute Gasteiger partial charge is 0.494 e. The van der Waals surface area contributed by atoms with E-state index in [0.29, 0.717) is 0 Å². The van der Waals surface area contributed by atoms with Crippen molar-refractivity contribution in [1.82, 2.24) is 4.98 Å². The molecule has 1 saturated carbocycles. The van der Waals surface area contributed by atoms with Crippen LogP contribution in [-0.4, -0.2) is 11.6 Å². The van der Waals surface area contributed by atoms with Crippen LogP contribution in [0.2, 0.25) is 0 Å². The Hall–Kier alpha value is -1.44. The maximum Gasteiger partial charge on any atom is 0.120 e. The van der Waals surface area contributed by atoms with Crippen molar-refractivity contribution in [3.8, 4) is 5.75 Å². The highest BCUT2D eigenvalue weighted by Gasteiger charge is 2.49. The fourth-order valence-electron chi connectivity index (χ4n) is 3.86. The summed E-state index contributed by atoms with van der Waals surface area (Å²) in [5, 5.41) is 1.27. The number of rotatable bonds is 7. The molecule has 1 aliphatic rings. The van der Waals surface area contributed by atoms with Gasteiger partial charge in [0.15, 0.2) is 0 Å². The molecule has 1 heterocycles. The van der Waals surface area contributed by atoms with Crippen molar-refractivity contribution >= 4 is 10.9 Å². The topological polar surface area (TPSA) is 25.0 Å². The third-order valence-corrected chi connectivity index (χ3v) is 5.68. The lowest BCUT2D eigenvalue weighted by Gasteiger charge is -2.24. The molecule has 2 unspecified atom stereocenters. The molecule has 0 aliphatic heterocycles. The summed E-state index contributed by atoms with van der Waals surface area (Å²) < 4.78 is 5.84. The second-order valence-electron chi connectivity index (χ2n) is 8.11. The van der Waals surface area contributed by atoms with Gasteiger partial charge in [-0.1, -0.05) is 41.0 Å². The smallest absolute Gasteiger partial charge is 0.120 e. The SMILES string of the molecule is CCCCOc1ccc2[nH]c(C(C)(C)C3CC3C(C)C)cc2c1. The van der Waals surface area contributed by atoms with Crippen molar-refractivity contribution < 1.29 is 4.74 Å². The first kappa shape index (κ1) is 16.4. The van der Waals surface area contributed by atoms with Crippen LogP contribution >= 0.6 is 0 Å². The molecular weight excluding hydrogens is 282 g/mol. The fourth-order valence-corrected chi connectivity index (χ4v) is 3.86. The van der Waals surface area contributed by atoms with E-state index in [0.717, 1.165) is 36.5 Å². The quantitative estimate of drug-likeness (QED) is 0.631. The van der Waals surface area contributed by atoms with Crippen molar-refractivity contribution in [2.24, 2.45) is 17.8 Å². The lowest BCUT2D eigenvalue weighted by Crippen LogP contribution is -2.22. The van der Waals surface area contributed by atoms with Gasteiger partial charge in [-0.05, 0) is 54.9 Å². The average Bonchev–Trinajstić information content (AvgIpc) is 3.21. The van der Waals surface area contributed by atoms with Crippen LogP contribution < -0.4 is 4.74 Å². The molecule has 3 rings (SSSR count). The van der Waals surface area contributed by atoms with Gasteiger partial charge in [0.25, 0.3) is 0 Å². The molecule has 2 aromatic rings. The summed E-state index contributed by atoms with van der Waals surface area (Å²) in [5.41, 5.74) is 2.81. The second-order valence-corrected chi connectivity index (χ2v) is 8.11. The van der Waals surface area contributed by atoms with E-state index in [-0.39, 0.29) is 5.41 Å². The van der Waals surface area contributed by atoms with Gasteiger partial charge < -0.3 is 9.72 Å². The highest BCUT2D eigenvalue weighted by atomic mass is 16.5. The van der Waals surface area contributed by atoms with Gasteiger partial charge in [-0.15, -0.1) is 0 Å². The van der Waals surface area contributed by atoms with Crippen molar-refractivity contribution in [1.29, 1.82) is 0 Å². The number of ether oxygens (including phenoxy) is 1. The molecule has 1 aliphatic carbocycles. The molecule has 0 amide bonds. The number of unbranched alkanes of at least 4 members (excludes halogenated alkanes) is 1. The van der Waals surface area contributed by atoms with Crippen molar-refractivity contribution in [2.75, 3.05) is 6.61 Å². The number of nitrogens with one attached hydrogen (secondary N) is 1. The van der Waals surface area contributed by atoms with E-state index in [9.17, 15) is 0 Å². The first-order chi connectivity index (χ1) is 10.9. The first-order valence-electron chi connectivity index (χ1n) is 9.19. The number of H-pyrrole nitrogens is 1. The summed E-state index contributed by atoms with van der Waals surface area (Å²) in [6.45, 7) is 12.5. The highest BCUT2D eigenvalue weighted by molar-refractivity contribution is 5.82. The van der Waals surface area contributed by atoms with Gasteiger partial charge in [0.05, 0.1) is 6.61 Å². The van der Waals surface area contributed by atoms with E-state index < -0.39 is 0 Å². The maximum atomic E-state index is 5.84. The average molecular weight is 313 g/mol. The molecule has 0 radical (unpaired) electrons. The van der Waals surface area contributed by atoms with E-state index in [4.69, 9.17) is 4.74 Å². The molecule has 0 spiro atoms. The van der Waals surface area contributed by atoms with E-state index in [1.165, 1.54) is 29.4 Å². The molecule has 1 N–H and O–H groups in total. The van der Waals surface area contributed by atoms with Crippen LogP contribution in [0.4, 0.5) is 0 Å². The predicted octanol–water partition coefficient (Wildman–Crippen LogP) is 5.92. The van der Waals surface area contributed by atoms with E-state index >= 15 is 0 Å². The summed E-state index contributed by atoms with van der Waals surface area (Å²) in [4.78, 5) is 3.66. The fraction of sp³-hybridized carbons (Fsp3) is 0.619. The monoisotopic (exact) mass is 313 g/mol. The van der Waals surface area contributed by atoms with Crippen molar-refractivity contribution in [2.45, 2.75) is 59.3 Å². The molecule has 1 aromatic heterocycles. The summed E-state index contributed by atoms with van der Waals surface area (Å²) in [7, 11) is 0. The van der Waals surface area contributed by atoms with Crippen LogP contribution in [-0.2, 0) is 5.41 Å². The number of hydrogen-bond acceptors (Lipinski definition) is 1. The maximum absolute atomic E-state index is 5.84. The minimum Gasteiger partial charge on any atom is -0.494 e. The van der Waals surface area contributed by atoms with E-state index in [1.54, 1.807) is 0 Å². The van der Waals surface area contributed by atoms with Gasteiger partial charge in [0.1, 0.15) is 5.75 Å². The second kappa shape index (κ2) is 6.22. The molecule has 23 heavy (non-hydrogen) atoms. The molecule has 1 aromatic carbocycles. The minimum atomic E-state index is 0.219. The zero-order valence-corrected chi connectivity index (χ0v) is 15.3. The Morgan fingerprint density at radius 1 is 1.26 bits per heavy atom. The molecule has 126 valence electrons. The zero-order chi connectivity index (χ0) is 16.6. The van der Waals surface area contributed by atoms with Gasteiger partial charge >= 0.3 is 0 Å². The lowest BCUT2D eigenvalue weighted by atomic mass is 9.81. The normalized spacial score (nSPS) is 21.1. The summed E-state index contributed by atoms with van der Waals surface area (Å²) >= 11 is 0. The van der Waals surface area contributed by atoms with Crippen LogP contribution in [0.15, 0.2) is 24.3 Å². The van der Waals surface area contributed by atoms with Gasteiger partial charge in [-0.3, -0.25) is 0 Å². The standard InChI is InChI=1S/C21H31NO/c1-6-7-10-23-16-8-9-19-15(11-16)12-20(22-19)21(4,5)18-13-17(18)14(2)3/h8-9,11-12,14,17-18,22H,6-7,10,13H2,1-5H3. The van der Waals surface area contributed by atoms with Crippen LogP contribution in [0.3, 0.4) is 0 Å². The number of benzene rings is 1. The molecule has 2 nitrogen and oxygen atoms in total. The molecule has 1 fully saturated rings. The molecule has 0 bridgehead atoms. The Bertz CT molecular complexity index is 668. The van der Waals surface area contributed by atoms with Gasteiger partial charge in [0, 0.05) is 22.0 Å². The Balaban J connectivity index is 1.80. The van der Waals surface area contributed by atoms with Gasteiger partial charge in [-0.2, -0.15) is 0 Å². The summed E-state index contributed by atoms with van der Waals surface area (Å²) in [6, 6.07) is 8.74. The lowest BCUT2D eigenvalue weighted by molar-refractivity contribution is 0.310. The molecule has 0 saturated heterocycles. The van der Waals surface area contributed by atoms with Crippen LogP contribution in [0, 0.1) is 17.8 Å². The Labute approximate surface area is 140 Å². The predicted molar refractivity (Wildman–Crippen MR) is 98.2 cm³/mol. The van der Waals surface area contributed by atoms with Gasteiger partial charge in [0.2, 0.25) is 0 Å².